The highest BCUT2D eigenvalue weighted by atomic mass is 19.1. The van der Waals surface area contributed by atoms with Crippen LogP contribution >= 0.6 is 0 Å². The molecule has 0 radical (unpaired) electrons. The highest BCUT2D eigenvalue weighted by molar-refractivity contribution is 5.94. The predicted molar refractivity (Wildman–Crippen MR) is 153 cm³/mol. The summed E-state index contributed by atoms with van der Waals surface area (Å²) in [5.41, 5.74) is 1.12. The molecule has 7 heteroatoms. The number of aliphatic hydroxyl groups excluding tert-OH is 1. The maximum absolute atomic E-state index is 14.3. The number of hydrogen-bond donors (Lipinski definition) is 3. The number of aliphatic hydroxyl groups is 1. The van der Waals surface area contributed by atoms with E-state index in [1.54, 1.807) is 0 Å². The topological polar surface area (TPSA) is 83.5 Å². The van der Waals surface area contributed by atoms with Gasteiger partial charge in [-0.2, -0.15) is 9.37 Å². The Hall–Kier alpha value is -2.95. The number of benzene rings is 1. The van der Waals surface area contributed by atoms with E-state index in [0.717, 1.165) is 49.7 Å². The van der Waals surface area contributed by atoms with Crippen LogP contribution in [0.1, 0.15) is 74.2 Å². The summed E-state index contributed by atoms with van der Waals surface area (Å²) >= 11 is 0. The van der Waals surface area contributed by atoms with E-state index >= 15 is 0 Å². The standard InChI is InChI=1S/C33H42FN3O3/c1-22-16-27(22)21-40-32-19-26(18-31(34)37-32)33(39)36-29(17-24-8-3-2-4-9-24)30(38)20-35-28-13-6-5-11-25(28)12-7-10-23-14-15-23/h2-4,8-9,18-19,22-23,25,27-30,35,38H,5-6,10-11,13-17,20-21H2,1H3,(H,36,39)/t22-,25+,27?,28-,29-,30+/m0/s1. The molecular formula is C33H42FN3O3. The number of pyridine rings is 1. The van der Waals surface area contributed by atoms with Gasteiger partial charge in [-0.1, -0.05) is 56.0 Å². The van der Waals surface area contributed by atoms with Gasteiger partial charge >= 0.3 is 0 Å². The summed E-state index contributed by atoms with van der Waals surface area (Å²) in [7, 11) is 0. The fraction of sp³-hybridized carbons (Fsp3) is 0.576. The van der Waals surface area contributed by atoms with Crippen LogP contribution in [0, 0.1) is 41.5 Å². The van der Waals surface area contributed by atoms with Crippen LogP contribution in [0.5, 0.6) is 5.88 Å². The lowest BCUT2D eigenvalue weighted by Crippen LogP contribution is -2.51. The van der Waals surface area contributed by atoms with Crippen LogP contribution in [0.15, 0.2) is 42.5 Å². The van der Waals surface area contributed by atoms with E-state index in [0.29, 0.717) is 37.3 Å². The van der Waals surface area contributed by atoms with Crippen molar-refractivity contribution in [2.45, 2.75) is 82.9 Å². The normalized spacial score (nSPS) is 25.3. The second-order valence-electron chi connectivity index (χ2n) is 12.0. The summed E-state index contributed by atoms with van der Waals surface area (Å²) in [6.07, 6.45) is 8.75. The van der Waals surface area contributed by atoms with Crippen LogP contribution in [0.4, 0.5) is 4.39 Å². The lowest BCUT2D eigenvalue weighted by Gasteiger charge is -2.31. The molecule has 0 spiro atoms. The van der Waals surface area contributed by atoms with Gasteiger partial charge in [-0.05, 0) is 61.8 Å². The van der Waals surface area contributed by atoms with E-state index < -0.39 is 24.0 Å². The summed E-state index contributed by atoms with van der Waals surface area (Å²) in [6.45, 7) is 2.95. The summed E-state index contributed by atoms with van der Waals surface area (Å²) in [5, 5.41) is 17.8. The average Bonchev–Trinajstić information content (AvgIpc) is 3.89. The van der Waals surface area contributed by atoms with Gasteiger partial charge in [0.1, 0.15) is 0 Å². The molecule has 5 rings (SSSR count). The first-order valence-corrected chi connectivity index (χ1v) is 15.0. The fourth-order valence-corrected chi connectivity index (χ4v) is 5.52. The lowest BCUT2D eigenvalue weighted by atomic mass is 9.84. The summed E-state index contributed by atoms with van der Waals surface area (Å²) in [6, 6.07) is 12.0. The molecule has 3 N–H and O–H groups in total. The smallest absolute Gasteiger partial charge is 0.251 e. The summed E-state index contributed by atoms with van der Waals surface area (Å²) < 4.78 is 20.0. The van der Waals surface area contributed by atoms with E-state index in [1.807, 2.05) is 30.3 Å². The Morgan fingerprint density at radius 3 is 2.70 bits per heavy atom. The van der Waals surface area contributed by atoms with Gasteiger partial charge in [0.15, 0.2) is 0 Å². The SMILES string of the molecule is C[C@H]1CC1COc1cc(C(=O)N[C@@H](Cc2ccccc2)[C@H](O)CN[C@H]2CCCC[C@@H]2C#CCC2CC2)cc(F)n1. The van der Waals surface area contributed by atoms with Gasteiger partial charge in [-0.15, -0.1) is 5.92 Å². The Kier molecular flexibility index (Phi) is 9.72. The first kappa shape index (κ1) is 28.6. The zero-order valence-corrected chi connectivity index (χ0v) is 23.4. The molecule has 1 aromatic carbocycles. The Morgan fingerprint density at radius 1 is 1.18 bits per heavy atom. The highest BCUT2D eigenvalue weighted by Gasteiger charge is 2.33. The molecule has 1 amide bonds. The number of aromatic nitrogens is 1. The summed E-state index contributed by atoms with van der Waals surface area (Å²) in [4.78, 5) is 17.1. The number of ether oxygens (including phenoxy) is 1. The molecule has 0 aliphatic heterocycles. The third-order valence-electron chi connectivity index (χ3n) is 8.56. The third kappa shape index (κ3) is 8.52. The average molecular weight is 548 g/mol. The molecule has 214 valence electrons. The molecule has 3 saturated carbocycles. The zero-order chi connectivity index (χ0) is 27.9. The molecule has 0 bridgehead atoms. The number of halogens is 1. The lowest BCUT2D eigenvalue weighted by molar-refractivity contribution is 0.0815. The largest absolute Gasteiger partial charge is 0.477 e. The minimum absolute atomic E-state index is 0.109. The first-order valence-electron chi connectivity index (χ1n) is 15.0. The minimum Gasteiger partial charge on any atom is -0.477 e. The van der Waals surface area contributed by atoms with Crippen LogP contribution in [-0.4, -0.2) is 47.3 Å². The van der Waals surface area contributed by atoms with Crippen molar-refractivity contribution in [2.75, 3.05) is 13.2 Å². The highest BCUT2D eigenvalue weighted by Crippen LogP contribution is 2.37. The van der Waals surface area contributed by atoms with Gasteiger partial charge in [0.2, 0.25) is 11.8 Å². The van der Waals surface area contributed by atoms with Gasteiger partial charge in [0, 0.05) is 42.6 Å². The monoisotopic (exact) mass is 547 g/mol. The van der Waals surface area contributed by atoms with E-state index in [1.165, 1.54) is 25.3 Å². The number of rotatable bonds is 12. The van der Waals surface area contributed by atoms with Crippen LogP contribution in [-0.2, 0) is 6.42 Å². The molecule has 40 heavy (non-hydrogen) atoms. The Labute approximate surface area is 237 Å². The predicted octanol–water partition coefficient (Wildman–Crippen LogP) is 4.91. The maximum Gasteiger partial charge on any atom is 0.251 e. The second-order valence-corrected chi connectivity index (χ2v) is 12.0. The van der Waals surface area contributed by atoms with Crippen molar-refractivity contribution in [1.29, 1.82) is 0 Å². The molecule has 2 aromatic rings. The van der Waals surface area contributed by atoms with Crippen molar-refractivity contribution < 1.29 is 19.0 Å². The molecule has 1 unspecified atom stereocenters. The fourth-order valence-electron chi connectivity index (χ4n) is 5.52. The molecule has 6 atom stereocenters. The number of carbonyl (C=O) groups excluding carboxylic acids is 1. The minimum atomic E-state index is -0.843. The third-order valence-corrected chi connectivity index (χ3v) is 8.56. The van der Waals surface area contributed by atoms with E-state index in [9.17, 15) is 14.3 Å². The van der Waals surface area contributed by atoms with E-state index in [-0.39, 0.29) is 17.5 Å². The maximum atomic E-state index is 14.3. The molecule has 6 nitrogen and oxygen atoms in total. The molecule has 3 aliphatic rings. The van der Waals surface area contributed by atoms with Crippen molar-refractivity contribution in [1.82, 2.24) is 15.6 Å². The molecule has 3 aliphatic carbocycles. The molecule has 1 aromatic heterocycles. The van der Waals surface area contributed by atoms with Crippen molar-refractivity contribution in [2.24, 2.45) is 23.7 Å². The Balaban J connectivity index is 1.23. The number of nitrogens with zero attached hydrogens (tertiary/aromatic N) is 1. The van der Waals surface area contributed by atoms with Crippen LogP contribution in [0.2, 0.25) is 0 Å². The Bertz CT molecular complexity index is 1190. The van der Waals surface area contributed by atoms with Crippen molar-refractivity contribution in [3.63, 3.8) is 0 Å². The van der Waals surface area contributed by atoms with Crippen LogP contribution in [0.3, 0.4) is 0 Å². The van der Waals surface area contributed by atoms with Crippen LogP contribution < -0.4 is 15.4 Å². The van der Waals surface area contributed by atoms with Gasteiger partial charge in [-0.25, -0.2) is 0 Å². The number of hydrogen-bond acceptors (Lipinski definition) is 5. The first-order chi connectivity index (χ1) is 19.4. The number of carbonyl (C=O) groups is 1. The van der Waals surface area contributed by atoms with Crippen LogP contribution in [0.25, 0.3) is 0 Å². The van der Waals surface area contributed by atoms with Crippen molar-refractivity contribution >= 4 is 5.91 Å². The van der Waals surface area contributed by atoms with E-state index in [2.05, 4.69) is 34.4 Å². The molecule has 1 heterocycles. The molecule has 0 saturated heterocycles. The van der Waals surface area contributed by atoms with Gasteiger partial charge in [0.05, 0.1) is 18.8 Å². The Morgan fingerprint density at radius 2 is 1.95 bits per heavy atom. The quantitative estimate of drug-likeness (QED) is 0.260. The molecule has 3 fully saturated rings. The van der Waals surface area contributed by atoms with Crippen molar-refractivity contribution in [3.05, 3.63) is 59.5 Å². The number of nitrogens with one attached hydrogen (secondary N) is 2. The van der Waals surface area contributed by atoms with E-state index in [4.69, 9.17) is 4.74 Å². The summed E-state index contributed by atoms with van der Waals surface area (Å²) in [5.74, 6) is 7.93. The van der Waals surface area contributed by atoms with Gasteiger partial charge in [0.25, 0.3) is 5.91 Å². The molecular weight excluding hydrogens is 505 g/mol. The van der Waals surface area contributed by atoms with Gasteiger partial charge < -0.3 is 20.5 Å². The number of amides is 1. The van der Waals surface area contributed by atoms with Gasteiger partial charge in [-0.3, -0.25) is 4.79 Å². The second kappa shape index (κ2) is 13.6. The van der Waals surface area contributed by atoms with Crippen molar-refractivity contribution in [3.8, 4) is 17.7 Å². The zero-order valence-electron chi connectivity index (χ0n) is 23.4.